The Balaban J connectivity index is 2.35. The highest BCUT2D eigenvalue weighted by atomic mass is 32.2. The van der Waals surface area contributed by atoms with Crippen LogP contribution in [-0.2, 0) is 14.4 Å². The van der Waals surface area contributed by atoms with E-state index in [1.165, 1.54) is 30.5 Å². The average Bonchev–Trinajstić information content (AvgIpc) is 2.61. The number of rotatable bonds is 5. The number of carboxylic acids is 1. The van der Waals surface area contributed by atoms with Crippen LogP contribution in [0.1, 0.15) is 13.8 Å². The lowest BCUT2D eigenvalue weighted by Gasteiger charge is -2.20. The van der Waals surface area contributed by atoms with Crippen molar-refractivity contribution in [1.82, 2.24) is 10.2 Å². The monoisotopic (exact) mass is 260 g/mol. The largest absolute Gasteiger partial charge is 0.481 e. The molecule has 1 heterocycles. The van der Waals surface area contributed by atoms with Crippen LogP contribution in [0.5, 0.6) is 0 Å². The summed E-state index contributed by atoms with van der Waals surface area (Å²) in [7, 11) is 0. The maximum absolute atomic E-state index is 11.5. The lowest BCUT2D eigenvalue weighted by atomic mass is 9.94. The van der Waals surface area contributed by atoms with E-state index < -0.39 is 11.4 Å². The zero-order valence-electron chi connectivity index (χ0n) is 9.86. The third-order valence-electron chi connectivity index (χ3n) is 2.47. The van der Waals surface area contributed by atoms with Gasteiger partial charge in [0.25, 0.3) is 0 Å². The molecule has 2 N–H and O–H groups in total. The van der Waals surface area contributed by atoms with Gasteiger partial charge in [0.05, 0.1) is 17.0 Å². The number of carboxylic acid groups (broad SMARTS) is 1. The number of aliphatic carboxylic acids is 1. The molecule has 1 rings (SSSR count). The smallest absolute Gasteiger partial charge is 0.310 e. The summed E-state index contributed by atoms with van der Waals surface area (Å²) in [6.45, 7) is 3.12. The van der Waals surface area contributed by atoms with Crippen LogP contribution in [0.15, 0.2) is 0 Å². The fourth-order valence-corrected chi connectivity index (χ4v) is 2.07. The molecule has 0 aromatic carbocycles. The number of amides is 2. The summed E-state index contributed by atoms with van der Waals surface area (Å²) >= 11 is 1.46. The Morgan fingerprint density at radius 2 is 2.18 bits per heavy atom. The summed E-state index contributed by atoms with van der Waals surface area (Å²) in [6.07, 6.45) is 0. The third-order valence-corrected chi connectivity index (χ3v) is 3.41. The predicted octanol–water partition coefficient (Wildman–Crippen LogP) is -0.254. The number of carbonyl (C=O) groups excluding carboxylic acids is 2. The standard InChI is InChI=1S/C10H16N2O4S/c1-10(2,9(15)16)5-11-7(13)3-12-6-17-4-8(12)14/h3-6H2,1-2H3,(H,11,13)(H,15,16). The van der Waals surface area contributed by atoms with Gasteiger partial charge in [0.15, 0.2) is 0 Å². The molecule has 0 unspecified atom stereocenters. The first kappa shape index (κ1) is 13.8. The molecule has 0 saturated carbocycles. The highest BCUT2D eigenvalue weighted by Crippen LogP contribution is 2.15. The topological polar surface area (TPSA) is 86.7 Å². The van der Waals surface area contributed by atoms with Gasteiger partial charge < -0.3 is 15.3 Å². The molecule has 0 atom stereocenters. The summed E-state index contributed by atoms with van der Waals surface area (Å²) in [5.41, 5.74) is -1.00. The third kappa shape index (κ3) is 3.92. The number of thioether (sulfide) groups is 1. The van der Waals surface area contributed by atoms with Gasteiger partial charge in [-0.15, -0.1) is 11.8 Å². The number of carbonyl (C=O) groups is 3. The van der Waals surface area contributed by atoms with Crippen molar-refractivity contribution < 1.29 is 19.5 Å². The minimum absolute atomic E-state index is 0.00152. The van der Waals surface area contributed by atoms with Crippen LogP contribution in [0, 0.1) is 5.41 Å². The highest BCUT2D eigenvalue weighted by molar-refractivity contribution is 8.00. The average molecular weight is 260 g/mol. The number of hydrogen-bond donors (Lipinski definition) is 2. The van der Waals surface area contributed by atoms with Crippen LogP contribution in [0.3, 0.4) is 0 Å². The Morgan fingerprint density at radius 1 is 1.53 bits per heavy atom. The minimum Gasteiger partial charge on any atom is -0.481 e. The van der Waals surface area contributed by atoms with Gasteiger partial charge in [-0.3, -0.25) is 14.4 Å². The van der Waals surface area contributed by atoms with E-state index in [-0.39, 0.29) is 24.9 Å². The van der Waals surface area contributed by atoms with E-state index in [1.807, 2.05) is 0 Å². The number of nitrogens with zero attached hydrogens (tertiary/aromatic N) is 1. The highest BCUT2D eigenvalue weighted by Gasteiger charge is 2.28. The van der Waals surface area contributed by atoms with E-state index in [2.05, 4.69) is 5.32 Å². The van der Waals surface area contributed by atoms with Crippen molar-refractivity contribution in [3.05, 3.63) is 0 Å². The summed E-state index contributed by atoms with van der Waals surface area (Å²) < 4.78 is 0. The van der Waals surface area contributed by atoms with Crippen LogP contribution in [0.25, 0.3) is 0 Å². The fraction of sp³-hybridized carbons (Fsp3) is 0.700. The zero-order valence-corrected chi connectivity index (χ0v) is 10.7. The second-order valence-corrected chi connectivity index (χ2v) is 5.49. The molecular weight excluding hydrogens is 244 g/mol. The predicted molar refractivity (Wildman–Crippen MR) is 63.5 cm³/mol. The van der Waals surface area contributed by atoms with Crippen LogP contribution >= 0.6 is 11.8 Å². The molecule has 1 fully saturated rings. The van der Waals surface area contributed by atoms with Crippen molar-refractivity contribution in [2.24, 2.45) is 5.41 Å². The zero-order chi connectivity index (χ0) is 13.1. The number of hydrogen-bond acceptors (Lipinski definition) is 4. The van der Waals surface area contributed by atoms with E-state index >= 15 is 0 Å². The summed E-state index contributed by atoms with van der Waals surface area (Å²) in [5.74, 6) is -0.411. The summed E-state index contributed by atoms with van der Waals surface area (Å²) in [4.78, 5) is 35.0. The van der Waals surface area contributed by atoms with Gasteiger partial charge in [0, 0.05) is 6.54 Å². The van der Waals surface area contributed by atoms with Gasteiger partial charge in [-0.1, -0.05) is 0 Å². The molecular formula is C10H16N2O4S. The van der Waals surface area contributed by atoms with E-state index in [1.54, 1.807) is 0 Å². The molecule has 2 amide bonds. The van der Waals surface area contributed by atoms with Gasteiger partial charge in [0.2, 0.25) is 11.8 Å². The second kappa shape index (κ2) is 5.39. The van der Waals surface area contributed by atoms with Gasteiger partial charge in [-0.25, -0.2) is 0 Å². The molecule has 7 heteroatoms. The Hall–Kier alpha value is -1.24. The molecule has 0 bridgehead atoms. The van der Waals surface area contributed by atoms with E-state index in [4.69, 9.17) is 5.11 Å². The van der Waals surface area contributed by atoms with Crippen LogP contribution < -0.4 is 5.32 Å². The molecule has 17 heavy (non-hydrogen) atoms. The van der Waals surface area contributed by atoms with E-state index in [0.29, 0.717) is 11.6 Å². The molecule has 0 aromatic rings. The van der Waals surface area contributed by atoms with Crippen LogP contribution in [0.2, 0.25) is 0 Å². The van der Waals surface area contributed by atoms with Gasteiger partial charge in [0.1, 0.15) is 6.54 Å². The lowest BCUT2D eigenvalue weighted by molar-refractivity contribution is -0.147. The SMILES string of the molecule is CC(C)(CNC(=O)CN1CSCC1=O)C(=O)O. The quantitative estimate of drug-likeness (QED) is 0.711. The van der Waals surface area contributed by atoms with Crippen molar-refractivity contribution in [2.45, 2.75) is 13.8 Å². The summed E-state index contributed by atoms with van der Waals surface area (Å²) in [5, 5.41) is 11.4. The Labute approximate surface area is 104 Å². The van der Waals surface area contributed by atoms with E-state index in [9.17, 15) is 14.4 Å². The van der Waals surface area contributed by atoms with Crippen LogP contribution in [-0.4, -0.2) is 52.5 Å². The van der Waals surface area contributed by atoms with Gasteiger partial charge in [-0.2, -0.15) is 0 Å². The molecule has 0 aliphatic carbocycles. The van der Waals surface area contributed by atoms with Crippen molar-refractivity contribution in [3.63, 3.8) is 0 Å². The number of nitrogens with one attached hydrogen (secondary N) is 1. The molecule has 0 radical (unpaired) electrons. The van der Waals surface area contributed by atoms with Crippen molar-refractivity contribution in [2.75, 3.05) is 24.7 Å². The maximum atomic E-state index is 11.5. The molecule has 0 aromatic heterocycles. The maximum Gasteiger partial charge on any atom is 0.310 e. The fourth-order valence-electron chi connectivity index (χ4n) is 1.16. The first-order valence-electron chi connectivity index (χ1n) is 5.18. The molecule has 1 saturated heterocycles. The Kier molecular flexibility index (Phi) is 4.39. The normalized spacial score (nSPS) is 16.1. The molecule has 96 valence electrons. The van der Waals surface area contributed by atoms with Crippen molar-refractivity contribution >= 4 is 29.5 Å². The minimum atomic E-state index is -1.00. The van der Waals surface area contributed by atoms with E-state index in [0.717, 1.165) is 0 Å². The first-order valence-corrected chi connectivity index (χ1v) is 6.34. The molecule has 0 spiro atoms. The second-order valence-electron chi connectivity index (χ2n) is 4.54. The Bertz CT molecular complexity index is 343. The molecule has 6 nitrogen and oxygen atoms in total. The molecule has 1 aliphatic heterocycles. The van der Waals surface area contributed by atoms with Crippen molar-refractivity contribution in [1.29, 1.82) is 0 Å². The Morgan fingerprint density at radius 3 is 2.65 bits per heavy atom. The summed E-state index contributed by atoms with van der Waals surface area (Å²) in [6, 6.07) is 0. The van der Waals surface area contributed by atoms with Gasteiger partial charge >= 0.3 is 5.97 Å². The van der Waals surface area contributed by atoms with Gasteiger partial charge in [-0.05, 0) is 13.8 Å². The van der Waals surface area contributed by atoms with Crippen molar-refractivity contribution in [3.8, 4) is 0 Å². The first-order chi connectivity index (χ1) is 7.83. The lowest BCUT2D eigenvalue weighted by Crippen LogP contribution is -2.43. The molecule has 1 aliphatic rings. The van der Waals surface area contributed by atoms with Crippen LogP contribution in [0.4, 0.5) is 0 Å².